The summed E-state index contributed by atoms with van der Waals surface area (Å²) in [5.41, 5.74) is 0. The van der Waals surface area contributed by atoms with Crippen LogP contribution in [-0.2, 0) is 65.4 Å². The molecule has 0 radical (unpaired) electrons. The second-order valence-corrected chi connectivity index (χ2v) is 30.4. The maximum Gasteiger partial charge on any atom is 0.472 e. The van der Waals surface area contributed by atoms with Crippen LogP contribution in [0.5, 0.6) is 0 Å². The molecule has 0 spiro atoms. The van der Waals surface area contributed by atoms with Crippen LogP contribution < -0.4 is 0 Å². The Hall–Kier alpha value is -1.94. The summed E-state index contributed by atoms with van der Waals surface area (Å²) < 4.78 is 68.4. The second kappa shape index (κ2) is 68.2. The van der Waals surface area contributed by atoms with Crippen molar-refractivity contribution in [3.63, 3.8) is 0 Å². The van der Waals surface area contributed by atoms with Crippen molar-refractivity contribution < 1.29 is 80.2 Å². The Bertz CT molecular complexity index is 1810. The molecule has 17 nitrogen and oxygen atoms in total. The number of hydrogen-bond donors (Lipinski definition) is 3. The molecule has 3 N–H and O–H groups in total. The van der Waals surface area contributed by atoms with Crippen LogP contribution in [0.4, 0.5) is 0 Å². The number of unbranched alkanes of at least 4 members (excludes halogenated alkanes) is 47. The maximum absolute atomic E-state index is 13.1. The van der Waals surface area contributed by atoms with Crippen molar-refractivity contribution >= 4 is 39.5 Å². The molecule has 0 heterocycles. The van der Waals surface area contributed by atoms with E-state index in [9.17, 15) is 43.2 Å². The molecular weight excluding hydrogens is 1230 g/mol. The molecule has 0 saturated heterocycles. The quantitative estimate of drug-likeness (QED) is 0.0222. The minimum Gasteiger partial charge on any atom is -0.462 e. The van der Waals surface area contributed by atoms with Crippen LogP contribution in [0.2, 0.25) is 0 Å². The number of esters is 4. The van der Waals surface area contributed by atoms with Gasteiger partial charge in [0.05, 0.1) is 26.4 Å². The Morgan fingerprint density at radius 1 is 0.287 bits per heavy atom. The topological polar surface area (TPSA) is 237 Å². The van der Waals surface area contributed by atoms with Crippen molar-refractivity contribution in [3.8, 4) is 0 Å². The summed E-state index contributed by atoms with van der Waals surface area (Å²) in [6, 6.07) is 0. The molecule has 2 unspecified atom stereocenters. The predicted octanol–water partition coefficient (Wildman–Crippen LogP) is 22.1. The van der Waals surface area contributed by atoms with Gasteiger partial charge in [0.2, 0.25) is 0 Å². The Labute approximate surface area is 575 Å². The van der Waals surface area contributed by atoms with Crippen LogP contribution in [0.1, 0.15) is 394 Å². The molecule has 0 aromatic carbocycles. The van der Waals surface area contributed by atoms with E-state index in [-0.39, 0.29) is 25.7 Å². The largest absolute Gasteiger partial charge is 0.472 e. The average molecular weight is 1380 g/mol. The van der Waals surface area contributed by atoms with Crippen molar-refractivity contribution in [2.45, 2.75) is 412 Å². The van der Waals surface area contributed by atoms with Crippen LogP contribution in [0.25, 0.3) is 0 Å². The number of carbonyl (C=O) groups is 4. The summed E-state index contributed by atoms with van der Waals surface area (Å²) in [7, 11) is -9.90. The third kappa shape index (κ3) is 68.6. The van der Waals surface area contributed by atoms with Gasteiger partial charge in [-0.25, -0.2) is 9.13 Å². The second-order valence-electron chi connectivity index (χ2n) is 27.5. The first kappa shape index (κ1) is 92.1. The molecule has 0 rings (SSSR count). The van der Waals surface area contributed by atoms with Crippen molar-refractivity contribution in [2.75, 3.05) is 39.6 Å². The number of phosphoric acid groups is 2. The summed E-state index contributed by atoms with van der Waals surface area (Å²) in [5, 5.41) is 10.6. The first-order chi connectivity index (χ1) is 45.5. The van der Waals surface area contributed by atoms with E-state index in [0.717, 1.165) is 109 Å². The number of phosphoric ester groups is 2. The molecule has 0 aliphatic rings. The van der Waals surface area contributed by atoms with Crippen molar-refractivity contribution in [1.29, 1.82) is 0 Å². The van der Waals surface area contributed by atoms with Gasteiger partial charge in [-0.2, -0.15) is 0 Å². The molecule has 0 saturated carbocycles. The summed E-state index contributed by atoms with van der Waals surface area (Å²) in [6.07, 6.45) is 56.9. The Balaban J connectivity index is 5.19. The number of aliphatic hydroxyl groups excluding tert-OH is 1. The van der Waals surface area contributed by atoms with E-state index < -0.39 is 97.5 Å². The average Bonchev–Trinajstić information content (AvgIpc) is 1.46. The SMILES string of the molecule is CCCCCCCCCCCCCCCCCC(=O)OC[C@H](COP(=O)(O)OC[C@@H](O)COP(=O)(O)OC[C@@H](COC(=O)CCCCCCCCC)OC(=O)CCCCCCCCCCCCCCCC)OC(=O)CCCCCCCCCCCCCCCCCC(C)C. The number of ether oxygens (including phenoxy) is 4. The normalized spacial score (nSPS) is 14.0. The minimum absolute atomic E-state index is 0.108. The van der Waals surface area contributed by atoms with Crippen molar-refractivity contribution in [1.82, 2.24) is 0 Å². The van der Waals surface area contributed by atoms with Crippen molar-refractivity contribution in [3.05, 3.63) is 0 Å². The molecule has 558 valence electrons. The van der Waals surface area contributed by atoms with Gasteiger partial charge >= 0.3 is 39.5 Å². The first-order valence-corrected chi connectivity index (χ1v) is 42.1. The molecule has 19 heteroatoms. The predicted molar refractivity (Wildman–Crippen MR) is 382 cm³/mol. The molecular formula is C75H146O17P2. The number of hydrogen-bond acceptors (Lipinski definition) is 15. The fourth-order valence-corrected chi connectivity index (χ4v) is 13.1. The number of aliphatic hydroxyl groups is 1. The highest BCUT2D eigenvalue weighted by atomic mass is 31.2. The molecule has 0 aromatic heterocycles. The van der Waals surface area contributed by atoms with E-state index in [4.69, 9.17) is 37.0 Å². The van der Waals surface area contributed by atoms with Gasteiger partial charge in [0.25, 0.3) is 0 Å². The van der Waals surface area contributed by atoms with Gasteiger partial charge in [-0.15, -0.1) is 0 Å². The third-order valence-electron chi connectivity index (χ3n) is 17.5. The Morgan fingerprint density at radius 2 is 0.489 bits per heavy atom. The lowest BCUT2D eigenvalue weighted by Gasteiger charge is -2.21. The van der Waals surface area contributed by atoms with Gasteiger partial charge in [-0.1, -0.05) is 343 Å². The number of carbonyl (C=O) groups excluding carboxylic acids is 4. The van der Waals surface area contributed by atoms with E-state index in [2.05, 4.69) is 34.6 Å². The molecule has 0 bridgehead atoms. The van der Waals surface area contributed by atoms with E-state index >= 15 is 0 Å². The Kier molecular flexibility index (Phi) is 66.8. The van der Waals surface area contributed by atoms with Gasteiger partial charge in [-0.05, 0) is 31.6 Å². The molecule has 0 amide bonds. The van der Waals surface area contributed by atoms with Crippen LogP contribution in [0, 0.1) is 5.92 Å². The lowest BCUT2D eigenvalue weighted by atomic mass is 10.0. The standard InChI is InChI=1S/C75H146O17P2/c1-6-9-12-15-18-20-22-24-27-32-35-39-44-49-54-59-73(78)86-65-71(92-75(80)61-56-51-46-41-37-33-29-26-28-30-34-38-43-47-52-57-68(4)5)67-90-94(83,84)88-63-69(76)62-87-93(81,82)89-66-70(64-85-72(77)58-53-48-42-17-14-11-8-3)91-74(79)60-55-50-45-40-36-31-25-23-21-19-16-13-10-7-2/h68-71,76H,6-67H2,1-5H3,(H,81,82)(H,83,84)/t69-,70+,71+/m0/s1. The maximum atomic E-state index is 13.1. The van der Waals surface area contributed by atoms with E-state index in [1.807, 2.05) is 0 Å². The fourth-order valence-electron chi connectivity index (χ4n) is 11.5. The van der Waals surface area contributed by atoms with E-state index in [1.165, 1.54) is 205 Å². The molecule has 5 atom stereocenters. The monoisotopic (exact) mass is 1380 g/mol. The van der Waals surface area contributed by atoms with E-state index in [0.29, 0.717) is 25.7 Å². The summed E-state index contributed by atoms with van der Waals surface area (Å²) >= 11 is 0. The van der Waals surface area contributed by atoms with Gasteiger partial charge in [-0.3, -0.25) is 37.3 Å². The lowest BCUT2D eigenvalue weighted by Crippen LogP contribution is -2.30. The zero-order chi connectivity index (χ0) is 69.1. The molecule has 0 aliphatic heterocycles. The first-order valence-electron chi connectivity index (χ1n) is 39.1. The zero-order valence-corrected chi connectivity index (χ0v) is 62.9. The Morgan fingerprint density at radius 3 is 0.723 bits per heavy atom. The third-order valence-corrected chi connectivity index (χ3v) is 19.4. The van der Waals surface area contributed by atoms with Gasteiger partial charge in [0, 0.05) is 25.7 Å². The highest BCUT2D eigenvalue weighted by Gasteiger charge is 2.30. The summed E-state index contributed by atoms with van der Waals surface area (Å²) in [5.74, 6) is -1.31. The van der Waals surface area contributed by atoms with Gasteiger partial charge in [0.1, 0.15) is 19.3 Å². The lowest BCUT2D eigenvalue weighted by molar-refractivity contribution is -0.161. The molecule has 0 aromatic rings. The van der Waals surface area contributed by atoms with Crippen LogP contribution in [0.15, 0.2) is 0 Å². The van der Waals surface area contributed by atoms with Crippen LogP contribution >= 0.6 is 15.6 Å². The summed E-state index contributed by atoms with van der Waals surface area (Å²) in [6.45, 7) is 7.28. The highest BCUT2D eigenvalue weighted by Crippen LogP contribution is 2.45. The van der Waals surface area contributed by atoms with Crippen LogP contribution in [-0.4, -0.2) is 96.7 Å². The van der Waals surface area contributed by atoms with Crippen LogP contribution in [0.3, 0.4) is 0 Å². The molecule has 0 fully saturated rings. The highest BCUT2D eigenvalue weighted by molar-refractivity contribution is 7.47. The van der Waals surface area contributed by atoms with Gasteiger partial charge in [0.15, 0.2) is 12.2 Å². The number of rotatable bonds is 75. The summed E-state index contributed by atoms with van der Waals surface area (Å²) in [4.78, 5) is 72.6. The fraction of sp³-hybridized carbons (Fsp3) is 0.947. The smallest absolute Gasteiger partial charge is 0.462 e. The molecule has 94 heavy (non-hydrogen) atoms. The molecule has 0 aliphatic carbocycles. The van der Waals surface area contributed by atoms with Crippen molar-refractivity contribution in [2.24, 2.45) is 5.92 Å². The van der Waals surface area contributed by atoms with E-state index in [1.54, 1.807) is 0 Å². The zero-order valence-electron chi connectivity index (χ0n) is 61.1. The van der Waals surface area contributed by atoms with Gasteiger partial charge < -0.3 is 33.8 Å². The minimum atomic E-state index is -4.95.